The van der Waals surface area contributed by atoms with E-state index in [0.29, 0.717) is 25.7 Å². The van der Waals surface area contributed by atoms with Crippen LogP contribution in [0.15, 0.2) is 0 Å². The van der Waals surface area contributed by atoms with Crippen molar-refractivity contribution in [2.45, 2.75) is 399 Å². The monoisotopic (exact) mass is 1340 g/mol. The van der Waals surface area contributed by atoms with Crippen molar-refractivity contribution in [3.63, 3.8) is 0 Å². The van der Waals surface area contributed by atoms with Gasteiger partial charge in [-0.2, -0.15) is 0 Å². The third-order valence-corrected chi connectivity index (χ3v) is 18.8. The maximum Gasteiger partial charge on any atom is 0.472 e. The number of hydrogen-bond acceptors (Lipinski definition) is 15. The van der Waals surface area contributed by atoms with Crippen LogP contribution in [0.3, 0.4) is 0 Å². The molecule has 0 aromatic heterocycles. The van der Waals surface area contributed by atoms with Gasteiger partial charge in [-0.3, -0.25) is 37.3 Å². The Hall–Kier alpha value is -1.94. The highest BCUT2D eigenvalue weighted by molar-refractivity contribution is 7.47. The molecule has 91 heavy (non-hydrogen) atoms. The molecule has 0 fully saturated rings. The van der Waals surface area contributed by atoms with Crippen LogP contribution in [0.1, 0.15) is 381 Å². The standard InChI is InChI=1S/C72H140O17P2/c1-5-9-13-17-20-23-26-29-30-31-32-33-34-35-36-37-38-41-44-47-51-55-59-72(77)89-68(63-83-70(75)57-53-49-45-42-39-27-24-21-18-14-10-6-2)65-87-91(80,81)85-61-66(73)60-84-90(78,79)86-64-67(62-82-69(74)56-52-48-16-12-8-4)88-71(76)58-54-50-46-43-40-28-25-22-19-15-11-7-3/h66-68,73H,5-65H2,1-4H3,(H,78,79)(H,80,81)/t66-,67+,68+/m0/s1. The highest BCUT2D eigenvalue weighted by Gasteiger charge is 2.30. The summed E-state index contributed by atoms with van der Waals surface area (Å²) in [5.74, 6) is -2.13. The van der Waals surface area contributed by atoms with Crippen LogP contribution in [0.4, 0.5) is 0 Å². The van der Waals surface area contributed by atoms with Gasteiger partial charge in [0.25, 0.3) is 0 Å². The average molecular weight is 1340 g/mol. The van der Waals surface area contributed by atoms with E-state index in [1.165, 1.54) is 205 Å². The molecule has 0 aromatic rings. The summed E-state index contributed by atoms with van der Waals surface area (Å²) >= 11 is 0. The van der Waals surface area contributed by atoms with E-state index >= 15 is 0 Å². The lowest BCUT2D eigenvalue weighted by Crippen LogP contribution is -2.30. The van der Waals surface area contributed by atoms with Crippen LogP contribution in [0.2, 0.25) is 0 Å². The molecule has 0 saturated heterocycles. The van der Waals surface area contributed by atoms with Crippen LogP contribution in [-0.4, -0.2) is 96.7 Å². The summed E-state index contributed by atoms with van der Waals surface area (Å²) in [6.07, 6.45) is 56.0. The second-order valence-electron chi connectivity index (χ2n) is 26.0. The summed E-state index contributed by atoms with van der Waals surface area (Å²) in [5.41, 5.74) is 0. The number of carbonyl (C=O) groups excluding carboxylic acids is 4. The predicted molar refractivity (Wildman–Crippen MR) is 368 cm³/mol. The SMILES string of the molecule is CCCCCCCCCCCCCCCCCCCCCCCCC(=O)O[C@H](COC(=O)CCCCCCCCCCCCCC)COP(=O)(O)OC[C@@H](O)COP(=O)(O)OC[C@@H](COC(=O)CCCCCCC)OC(=O)CCCCCCCCCCCCCC. The van der Waals surface area contributed by atoms with E-state index in [4.69, 9.17) is 37.0 Å². The lowest BCUT2D eigenvalue weighted by atomic mass is 10.0. The van der Waals surface area contributed by atoms with Crippen molar-refractivity contribution in [1.29, 1.82) is 0 Å². The topological polar surface area (TPSA) is 237 Å². The van der Waals surface area contributed by atoms with Gasteiger partial charge in [0.05, 0.1) is 26.4 Å². The summed E-state index contributed by atoms with van der Waals surface area (Å²) < 4.78 is 68.1. The molecule has 19 heteroatoms. The van der Waals surface area contributed by atoms with Gasteiger partial charge in [0.2, 0.25) is 0 Å². The molecule has 5 atom stereocenters. The normalized spacial score (nSPS) is 14.0. The number of aliphatic hydroxyl groups is 1. The van der Waals surface area contributed by atoms with Crippen molar-refractivity contribution in [3.8, 4) is 0 Å². The molecule has 0 aliphatic carbocycles. The fourth-order valence-corrected chi connectivity index (χ4v) is 12.6. The number of carbonyl (C=O) groups is 4. The molecule has 0 aliphatic rings. The Morgan fingerprint density at radius 1 is 0.264 bits per heavy atom. The van der Waals surface area contributed by atoms with Crippen LogP contribution in [0.25, 0.3) is 0 Å². The van der Waals surface area contributed by atoms with Crippen molar-refractivity contribution in [1.82, 2.24) is 0 Å². The summed E-state index contributed by atoms with van der Waals surface area (Å²) in [6, 6.07) is 0. The van der Waals surface area contributed by atoms with E-state index in [9.17, 15) is 43.2 Å². The molecule has 3 N–H and O–H groups in total. The Morgan fingerprint density at radius 2 is 0.440 bits per heavy atom. The Kier molecular flexibility index (Phi) is 65.2. The first kappa shape index (κ1) is 89.1. The van der Waals surface area contributed by atoms with E-state index < -0.39 is 97.5 Å². The van der Waals surface area contributed by atoms with Gasteiger partial charge in [-0.05, 0) is 25.7 Å². The summed E-state index contributed by atoms with van der Waals surface area (Å²) in [4.78, 5) is 72.3. The molecule has 0 radical (unpaired) electrons. The van der Waals surface area contributed by atoms with Crippen LogP contribution >= 0.6 is 15.6 Å². The van der Waals surface area contributed by atoms with Gasteiger partial charge < -0.3 is 33.8 Å². The summed E-state index contributed by atoms with van der Waals surface area (Å²) in [6.45, 7) is 4.86. The minimum Gasteiger partial charge on any atom is -0.462 e. The Bertz CT molecular complexity index is 1740. The second-order valence-corrected chi connectivity index (χ2v) is 28.9. The number of phosphoric ester groups is 2. The summed E-state index contributed by atoms with van der Waals surface area (Å²) in [5, 5.41) is 10.6. The molecule has 0 rings (SSSR count). The van der Waals surface area contributed by atoms with Gasteiger partial charge in [-0.25, -0.2) is 9.13 Å². The molecule has 0 heterocycles. The van der Waals surface area contributed by atoms with Crippen LogP contribution in [0.5, 0.6) is 0 Å². The summed E-state index contributed by atoms with van der Waals surface area (Å²) in [7, 11) is -9.89. The first-order valence-corrected chi connectivity index (χ1v) is 40.8. The molecule has 2 unspecified atom stereocenters. The van der Waals surface area contributed by atoms with Gasteiger partial charge in [0.1, 0.15) is 19.3 Å². The van der Waals surface area contributed by atoms with Crippen molar-refractivity contribution in [2.24, 2.45) is 0 Å². The van der Waals surface area contributed by atoms with Crippen molar-refractivity contribution < 1.29 is 80.2 Å². The highest BCUT2D eigenvalue weighted by Crippen LogP contribution is 2.45. The molecule has 0 aromatic carbocycles. The molecule has 0 saturated carbocycles. The molecule has 0 spiro atoms. The zero-order valence-corrected chi connectivity index (χ0v) is 60.6. The average Bonchev–Trinajstić information content (AvgIpc) is 3.70. The Balaban J connectivity index is 5.08. The number of esters is 4. The number of ether oxygens (including phenoxy) is 4. The number of aliphatic hydroxyl groups excluding tert-OH is 1. The number of unbranched alkanes of at least 4 members (excludes halogenated alkanes) is 47. The lowest BCUT2D eigenvalue weighted by Gasteiger charge is -2.21. The molecular formula is C72H140O17P2. The molecule has 17 nitrogen and oxygen atoms in total. The van der Waals surface area contributed by atoms with Crippen LogP contribution < -0.4 is 0 Å². The van der Waals surface area contributed by atoms with Gasteiger partial charge in [-0.15, -0.1) is 0 Å². The third kappa shape index (κ3) is 66.5. The minimum absolute atomic E-state index is 0.107. The van der Waals surface area contributed by atoms with Crippen molar-refractivity contribution in [3.05, 3.63) is 0 Å². The highest BCUT2D eigenvalue weighted by atomic mass is 31.2. The smallest absolute Gasteiger partial charge is 0.462 e. The number of phosphoric acid groups is 2. The first-order chi connectivity index (χ1) is 44.2. The van der Waals surface area contributed by atoms with E-state index in [0.717, 1.165) is 96.3 Å². The molecule has 0 aliphatic heterocycles. The van der Waals surface area contributed by atoms with Gasteiger partial charge >= 0.3 is 39.5 Å². The minimum atomic E-state index is -4.95. The second kappa shape index (κ2) is 66.7. The maximum absolute atomic E-state index is 13.0. The third-order valence-electron chi connectivity index (χ3n) is 16.9. The van der Waals surface area contributed by atoms with Crippen LogP contribution in [-0.2, 0) is 65.4 Å². The van der Waals surface area contributed by atoms with Gasteiger partial charge in [-0.1, -0.05) is 329 Å². The zero-order valence-electron chi connectivity index (χ0n) is 58.8. The maximum atomic E-state index is 13.0. The number of rotatable bonds is 73. The van der Waals surface area contributed by atoms with E-state index in [1.54, 1.807) is 0 Å². The van der Waals surface area contributed by atoms with Gasteiger partial charge in [0, 0.05) is 25.7 Å². The van der Waals surface area contributed by atoms with E-state index in [1.807, 2.05) is 0 Å². The Morgan fingerprint density at radius 3 is 0.648 bits per heavy atom. The molecule has 540 valence electrons. The number of hydrogen-bond donors (Lipinski definition) is 3. The fourth-order valence-electron chi connectivity index (χ4n) is 11.0. The van der Waals surface area contributed by atoms with Crippen LogP contribution in [0, 0.1) is 0 Å². The first-order valence-electron chi connectivity index (χ1n) is 37.8. The largest absolute Gasteiger partial charge is 0.472 e. The van der Waals surface area contributed by atoms with E-state index in [2.05, 4.69) is 27.7 Å². The zero-order chi connectivity index (χ0) is 66.8. The van der Waals surface area contributed by atoms with E-state index in [-0.39, 0.29) is 25.7 Å². The Labute approximate surface area is 556 Å². The molecular weight excluding hydrogens is 1200 g/mol. The van der Waals surface area contributed by atoms with Gasteiger partial charge in [0.15, 0.2) is 12.2 Å². The van der Waals surface area contributed by atoms with Crippen molar-refractivity contribution in [2.75, 3.05) is 39.6 Å². The molecule has 0 amide bonds. The lowest BCUT2D eigenvalue weighted by molar-refractivity contribution is -0.161. The fraction of sp³-hybridized carbons (Fsp3) is 0.944. The molecule has 0 bridgehead atoms. The quantitative estimate of drug-likeness (QED) is 0.0222. The van der Waals surface area contributed by atoms with Crippen molar-refractivity contribution >= 4 is 39.5 Å². The predicted octanol–water partition coefficient (Wildman–Crippen LogP) is 21.1.